The lowest BCUT2D eigenvalue weighted by molar-refractivity contribution is 0.109. The molecule has 1 fully saturated rings. The Morgan fingerprint density at radius 3 is 2.53 bits per heavy atom. The molecule has 1 aliphatic rings. The minimum Gasteiger partial charge on any atom is -0.393 e. The zero-order valence-electron chi connectivity index (χ0n) is 9.77. The van der Waals surface area contributed by atoms with E-state index in [2.05, 4.69) is 25.0 Å². The minimum absolute atomic E-state index is 0.135. The second-order valence-electron chi connectivity index (χ2n) is 5.10. The van der Waals surface area contributed by atoms with Crippen molar-refractivity contribution in [2.45, 2.75) is 52.2 Å². The van der Waals surface area contributed by atoms with Gasteiger partial charge in [0.25, 0.3) is 0 Å². The van der Waals surface area contributed by atoms with Crippen LogP contribution >= 0.6 is 0 Å². The van der Waals surface area contributed by atoms with Gasteiger partial charge in [0.05, 0.1) is 11.8 Å². The highest BCUT2D eigenvalue weighted by molar-refractivity contribution is 5.10. The summed E-state index contributed by atoms with van der Waals surface area (Å²) in [5.74, 6) is 0. The fraction of sp³-hybridized carbons (Fsp3) is 0.750. The Labute approximate surface area is 91.1 Å². The molecule has 0 saturated heterocycles. The Hall–Kier alpha value is -0.830. The van der Waals surface area contributed by atoms with Gasteiger partial charge in [0.2, 0.25) is 0 Å². The average molecular weight is 208 g/mol. The van der Waals surface area contributed by atoms with Crippen LogP contribution < -0.4 is 0 Å². The number of aliphatic hydroxyl groups excluding tert-OH is 1. The average Bonchev–Trinajstić information content (AvgIpc) is 2.76. The molecule has 0 aliphatic heterocycles. The lowest BCUT2D eigenvalue weighted by Crippen LogP contribution is -2.21. The van der Waals surface area contributed by atoms with Gasteiger partial charge in [-0.3, -0.25) is 4.68 Å². The Bertz CT molecular complexity index is 337. The van der Waals surface area contributed by atoms with Crippen LogP contribution in [0.2, 0.25) is 0 Å². The largest absolute Gasteiger partial charge is 0.393 e. The van der Waals surface area contributed by atoms with Crippen molar-refractivity contribution in [3.8, 4) is 0 Å². The lowest BCUT2D eigenvalue weighted by Gasteiger charge is -2.16. The summed E-state index contributed by atoms with van der Waals surface area (Å²) in [5, 5.41) is 14.2. The Balaban J connectivity index is 2.05. The molecule has 0 radical (unpaired) electrons. The molecular weight excluding hydrogens is 188 g/mol. The minimum atomic E-state index is -0.207. The van der Waals surface area contributed by atoms with E-state index in [1.807, 2.05) is 17.8 Å². The molecule has 1 aliphatic carbocycles. The highest BCUT2D eigenvalue weighted by atomic mass is 16.3. The number of nitrogens with zero attached hydrogens (tertiary/aromatic N) is 2. The maximum atomic E-state index is 9.69. The lowest BCUT2D eigenvalue weighted by atomic mass is 9.95. The molecular formula is C12H20N2O. The molecule has 0 spiro atoms. The molecule has 15 heavy (non-hydrogen) atoms. The van der Waals surface area contributed by atoms with E-state index in [1.165, 1.54) is 0 Å². The molecule has 1 aromatic heterocycles. The maximum Gasteiger partial charge on any atom is 0.0631 e. The number of hydrogen-bond acceptors (Lipinski definition) is 2. The smallest absolute Gasteiger partial charge is 0.0631 e. The first-order chi connectivity index (χ1) is 7.03. The first kappa shape index (κ1) is 10.7. The van der Waals surface area contributed by atoms with Crippen molar-refractivity contribution >= 4 is 0 Å². The molecule has 2 rings (SSSR count). The summed E-state index contributed by atoms with van der Waals surface area (Å²) in [6.07, 6.45) is 5.02. The Kier molecular flexibility index (Phi) is 2.59. The quantitative estimate of drug-likeness (QED) is 0.823. The van der Waals surface area contributed by atoms with Gasteiger partial charge in [-0.2, -0.15) is 5.10 Å². The van der Waals surface area contributed by atoms with E-state index < -0.39 is 0 Å². The summed E-state index contributed by atoms with van der Waals surface area (Å²) in [6.45, 7) is 6.14. The first-order valence-electron chi connectivity index (χ1n) is 5.76. The fourth-order valence-corrected chi connectivity index (χ4v) is 2.02. The molecule has 0 aromatic carbocycles. The van der Waals surface area contributed by atoms with Crippen molar-refractivity contribution in [3.05, 3.63) is 18.0 Å². The molecule has 0 bridgehead atoms. The SMILES string of the molecule is CC(C)n1ccc(CC2(C(C)O)CC2)n1. The summed E-state index contributed by atoms with van der Waals surface area (Å²) < 4.78 is 1.98. The van der Waals surface area contributed by atoms with Crippen LogP contribution in [0.25, 0.3) is 0 Å². The van der Waals surface area contributed by atoms with E-state index in [1.54, 1.807) is 0 Å². The van der Waals surface area contributed by atoms with Crippen molar-refractivity contribution in [2.24, 2.45) is 5.41 Å². The summed E-state index contributed by atoms with van der Waals surface area (Å²) in [6, 6.07) is 2.49. The van der Waals surface area contributed by atoms with E-state index in [-0.39, 0.29) is 11.5 Å². The van der Waals surface area contributed by atoms with Crippen molar-refractivity contribution in [3.63, 3.8) is 0 Å². The molecule has 1 heterocycles. The molecule has 1 aromatic rings. The van der Waals surface area contributed by atoms with Gasteiger partial charge in [-0.1, -0.05) is 0 Å². The van der Waals surface area contributed by atoms with Crippen LogP contribution in [0.15, 0.2) is 12.3 Å². The van der Waals surface area contributed by atoms with Crippen LogP contribution in [0, 0.1) is 5.41 Å². The zero-order valence-corrected chi connectivity index (χ0v) is 9.77. The third kappa shape index (κ3) is 2.07. The number of hydrogen-bond donors (Lipinski definition) is 1. The predicted octanol–water partition coefficient (Wildman–Crippen LogP) is 2.17. The number of rotatable bonds is 4. The van der Waals surface area contributed by atoms with Crippen molar-refractivity contribution < 1.29 is 5.11 Å². The summed E-state index contributed by atoms with van der Waals surface area (Å²) in [5.41, 5.74) is 1.25. The van der Waals surface area contributed by atoms with Crippen LogP contribution in [0.4, 0.5) is 0 Å². The normalized spacial score (nSPS) is 20.6. The highest BCUT2D eigenvalue weighted by Crippen LogP contribution is 2.50. The molecule has 0 amide bonds. The number of aromatic nitrogens is 2. The third-order valence-corrected chi connectivity index (χ3v) is 3.50. The molecule has 1 unspecified atom stereocenters. The van der Waals surface area contributed by atoms with Gasteiger partial charge < -0.3 is 5.11 Å². The van der Waals surface area contributed by atoms with Gasteiger partial charge in [0.1, 0.15) is 0 Å². The summed E-state index contributed by atoms with van der Waals surface area (Å²) >= 11 is 0. The van der Waals surface area contributed by atoms with Crippen molar-refractivity contribution in [1.29, 1.82) is 0 Å². The van der Waals surface area contributed by atoms with Gasteiger partial charge in [-0.05, 0) is 46.1 Å². The van der Waals surface area contributed by atoms with Crippen molar-refractivity contribution in [1.82, 2.24) is 9.78 Å². The van der Waals surface area contributed by atoms with E-state index >= 15 is 0 Å². The van der Waals surface area contributed by atoms with Crippen LogP contribution in [0.5, 0.6) is 0 Å². The zero-order chi connectivity index (χ0) is 11.1. The summed E-state index contributed by atoms with van der Waals surface area (Å²) in [7, 11) is 0. The molecule has 1 atom stereocenters. The molecule has 3 nitrogen and oxygen atoms in total. The van der Waals surface area contributed by atoms with E-state index in [9.17, 15) is 5.11 Å². The van der Waals surface area contributed by atoms with Crippen LogP contribution in [0.3, 0.4) is 0 Å². The van der Waals surface area contributed by atoms with E-state index in [4.69, 9.17) is 0 Å². The second kappa shape index (κ2) is 3.63. The van der Waals surface area contributed by atoms with Gasteiger partial charge in [0, 0.05) is 17.7 Å². The van der Waals surface area contributed by atoms with Gasteiger partial charge in [0.15, 0.2) is 0 Å². The predicted molar refractivity (Wildman–Crippen MR) is 59.7 cm³/mol. The highest BCUT2D eigenvalue weighted by Gasteiger charge is 2.47. The van der Waals surface area contributed by atoms with Crippen molar-refractivity contribution in [2.75, 3.05) is 0 Å². The van der Waals surface area contributed by atoms with E-state index in [0.717, 1.165) is 25.0 Å². The molecule has 84 valence electrons. The van der Waals surface area contributed by atoms with Crippen LogP contribution in [-0.2, 0) is 6.42 Å². The topological polar surface area (TPSA) is 38.0 Å². The molecule has 1 N–H and O–H groups in total. The summed E-state index contributed by atoms with van der Waals surface area (Å²) in [4.78, 5) is 0. The van der Waals surface area contributed by atoms with E-state index in [0.29, 0.717) is 6.04 Å². The molecule has 1 saturated carbocycles. The maximum absolute atomic E-state index is 9.69. The van der Waals surface area contributed by atoms with Crippen LogP contribution in [0.1, 0.15) is 45.3 Å². The Morgan fingerprint density at radius 2 is 2.13 bits per heavy atom. The number of aliphatic hydroxyl groups is 1. The van der Waals surface area contributed by atoms with Gasteiger partial charge >= 0.3 is 0 Å². The standard InChI is InChI=1S/C12H20N2O/c1-9(2)14-7-4-11(13-14)8-12(5-6-12)10(3)15/h4,7,9-10,15H,5-6,8H2,1-3H3. The second-order valence-corrected chi connectivity index (χ2v) is 5.10. The monoisotopic (exact) mass is 208 g/mol. The Morgan fingerprint density at radius 1 is 1.47 bits per heavy atom. The fourth-order valence-electron chi connectivity index (χ4n) is 2.02. The third-order valence-electron chi connectivity index (χ3n) is 3.50. The molecule has 3 heteroatoms. The van der Waals surface area contributed by atoms with Gasteiger partial charge in [-0.15, -0.1) is 0 Å². The van der Waals surface area contributed by atoms with Gasteiger partial charge in [-0.25, -0.2) is 0 Å². The van der Waals surface area contributed by atoms with Crippen LogP contribution in [-0.4, -0.2) is 21.0 Å². The first-order valence-corrected chi connectivity index (χ1v) is 5.76.